The van der Waals surface area contributed by atoms with Crippen LogP contribution in [0.4, 0.5) is 4.79 Å². The van der Waals surface area contributed by atoms with Gasteiger partial charge in [-0.05, 0) is 21.5 Å². The van der Waals surface area contributed by atoms with Gasteiger partial charge in [0.2, 0.25) is 5.91 Å². The number of aliphatic imine (C=N–C) groups is 1. The number of amides is 2. The molecule has 0 aliphatic carbocycles. The number of carbonyl (C=O) groups is 2. The monoisotopic (exact) mass is 399 g/mol. The lowest BCUT2D eigenvalue weighted by Gasteiger charge is -2.15. The van der Waals surface area contributed by atoms with E-state index in [9.17, 15) is 9.59 Å². The van der Waals surface area contributed by atoms with Crippen LogP contribution in [0.1, 0.15) is 12.0 Å². The molecular formula is C16H22BrN3O4. The minimum Gasteiger partial charge on any atom is -0.445 e. The molecule has 8 heteroatoms. The summed E-state index contributed by atoms with van der Waals surface area (Å²) in [5, 5.41) is 5.08. The van der Waals surface area contributed by atoms with Gasteiger partial charge in [-0.15, -0.1) is 0 Å². The second kappa shape index (κ2) is 11.6. The highest BCUT2D eigenvalue weighted by atomic mass is 79.9. The molecular weight excluding hydrogens is 378 g/mol. The van der Waals surface area contributed by atoms with Crippen molar-refractivity contribution in [2.45, 2.75) is 19.1 Å². The lowest BCUT2D eigenvalue weighted by atomic mass is 10.2. The van der Waals surface area contributed by atoms with E-state index >= 15 is 0 Å². The zero-order valence-electron chi connectivity index (χ0n) is 13.8. The molecule has 0 heterocycles. The number of nitrogens with one attached hydrogen (secondary N) is 2. The van der Waals surface area contributed by atoms with E-state index in [1.165, 1.54) is 0 Å². The summed E-state index contributed by atoms with van der Waals surface area (Å²) in [4.78, 5) is 27.2. The van der Waals surface area contributed by atoms with E-state index in [0.717, 1.165) is 10.2 Å². The summed E-state index contributed by atoms with van der Waals surface area (Å²) in [7, 11) is 3.23. The first-order chi connectivity index (χ1) is 11.5. The van der Waals surface area contributed by atoms with Crippen LogP contribution in [0.15, 0.2) is 35.3 Å². The molecule has 2 amide bonds. The Morgan fingerprint density at radius 1 is 1.25 bits per heavy atom. The Kier molecular flexibility index (Phi) is 9.71. The molecule has 0 aromatic heterocycles. The van der Waals surface area contributed by atoms with Crippen molar-refractivity contribution in [1.29, 1.82) is 0 Å². The predicted molar refractivity (Wildman–Crippen MR) is 95.3 cm³/mol. The number of hydrogen-bond acceptors (Lipinski definition) is 5. The summed E-state index contributed by atoms with van der Waals surface area (Å²) in [6.07, 6.45) is -0.282. The Labute approximate surface area is 149 Å². The Hall–Kier alpha value is -1.93. The fourth-order valence-corrected chi connectivity index (χ4v) is 2.10. The van der Waals surface area contributed by atoms with Crippen molar-refractivity contribution in [3.05, 3.63) is 35.9 Å². The predicted octanol–water partition coefficient (Wildman–Crippen LogP) is 1.86. The van der Waals surface area contributed by atoms with Gasteiger partial charge in [-0.25, -0.2) is 4.79 Å². The van der Waals surface area contributed by atoms with Crippen LogP contribution in [-0.4, -0.2) is 50.0 Å². The second-order valence-corrected chi connectivity index (χ2v) is 5.80. The summed E-state index contributed by atoms with van der Waals surface area (Å²) in [6.45, 7) is 0.318. The van der Waals surface area contributed by atoms with Crippen LogP contribution >= 0.6 is 15.9 Å². The summed E-state index contributed by atoms with van der Waals surface area (Å²) in [5.74, 6) is -0.321. The molecule has 7 nitrogen and oxygen atoms in total. The van der Waals surface area contributed by atoms with Gasteiger partial charge < -0.3 is 20.1 Å². The first-order valence-electron chi connectivity index (χ1n) is 7.40. The van der Waals surface area contributed by atoms with E-state index in [1.54, 1.807) is 14.2 Å². The fraction of sp³-hybridized carbons (Fsp3) is 0.438. The average molecular weight is 400 g/mol. The Morgan fingerprint density at radius 3 is 2.58 bits per heavy atom. The molecule has 0 radical (unpaired) electrons. The molecule has 0 spiro atoms. The fourth-order valence-electron chi connectivity index (χ4n) is 1.73. The maximum absolute atomic E-state index is 11.7. The van der Waals surface area contributed by atoms with E-state index in [2.05, 4.69) is 31.6 Å². The van der Waals surface area contributed by atoms with Crippen molar-refractivity contribution < 1.29 is 19.1 Å². The Balaban J connectivity index is 2.21. The number of nitrogens with zero attached hydrogens (tertiary/aromatic N) is 1. The van der Waals surface area contributed by atoms with Gasteiger partial charge in [0.25, 0.3) is 0 Å². The Bertz CT molecular complexity index is 552. The lowest BCUT2D eigenvalue weighted by molar-refractivity contribution is -0.120. The van der Waals surface area contributed by atoms with E-state index in [-0.39, 0.29) is 25.2 Å². The second-order valence-electron chi connectivity index (χ2n) is 4.88. The SMILES string of the molecule is CN=C(Br)CC(CNC(=O)CNC(=O)OCc1ccccc1)OC. The largest absolute Gasteiger partial charge is 0.445 e. The average Bonchev–Trinajstić information content (AvgIpc) is 2.62. The number of carbonyl (C=O) groups excluding carboxylic acids is 2. The van der Waals surface area contributed by atoms with Gasteiger partial charge in [0.1, 0.15) is 6.61 Å². The quantitative estimate of drug-likeness (QED) is 0.620. The highest BCUT2D eigenvalue weighted by molar-refractivity contribution is 9.18. The van der Waals surface area contributed by atoms with Gasteiger partial charge in [-0.2, -0.15) is 0 Å². The van der Waals surface area contributed by atoms with Gasteiger partial charge >= 0.3 is 6.09 Å². The van der Waals surface area contributed by atoms with E-state index in [4.69, 9.17) is 9.47 Å². The van der Waals surface area contributed by atoms with Crippen LogP contribution in [0.2, 0.25) is 0 Å². The molecule has 1 unspecified atom stereocenters. The number of ether oxygens (including phenoxy) is 2. The summed E-state index contributed by atoms with van der Waals surface area (Å²) in [5.41, 5.74) is 0.878. The minimum absolute atomic E-state index is 0.157. The molecule has 0 aliphatic rings. The van der Waals surface area contributed by atoms with Crippen molar-refractivity contribution >= 4 is 32.6 Å². The first kappa shape index (κ1) is 20.1. The van der Waals surface area contributed by atoms with E-state index in [0.29, 0.717) is 13.0 Å². The number of methoxy groups -OCH3 is 1. The molecule has 24 heavy (non-hydrogen) atoms. The van der Waals surface area contributed by atoms with Crippen LogP contribution in [0.5, 0.6) is 0 Å². The standard InChI is InChI=1S/C16H22BrN3O4/c1-18-14(17)8-13(23-2)9-19-15(21)10-20-16(22)24-11-12-6-4-3-5-7-12/h3-7,13H,8-11H2,1-2H3,(H,19,21)(H,20,22). The number of rotatable bonds is 9. The minimum atomic E-state index is -0.641. The number of hydrogen-bond donors (Lipinski definition) is 2. The molecule has 1 aromatic rings. The molecule has 1 atom stereocenters. The lowest BCUT2D eigenvalue weighted by Crippen LogP contribution is -2.40. The summed E-state index contributed by atoms with van der Waals surface area (Å²) in [6, 6.07) is 9.30. The highest BCUT2D eigenvalue weighted by Gasteiger charge is 2.12. The van der Waals surface area contributed by atoms with Crippen molar-refractivity contribution in [2.24, 2.45) is 4.99 Å². The van der Waals surface area contributed by atoms with Crippen LogP contribution in [0, 0.1) is 0 Å². The van der Waals surface area contributed by atoms with E-state index in [1.807, 2.05) is 30.3 Å². The van der Waals surface area contributed by atoms with Gasteiger partial charge in [0.05, 0.1) is 17.3 Å². The normalized spacial score (nSPS) is 12.4. The molecule has 1 aromatic carbocycles. The molecule has 0 saturated heterocycles. The maximum atomic E-state index is 11.7. The van der Waals surface area contributed by atoms with Gasteiger partial charge in [0, 0.05) is 27.1 Å². The maximum Gasteiger partial charge on any atom is 0.407 e. The van der Waals surface area contributed by atoms with Crippen LogP contribution in [-0.2, 0) is 20.9 Å². The number of alkyl carbamates (subject to hydrolysis) is 1. The molecule has 0 saturated carbocycles. The zero-order valence-corrected chi connectivity index (χ0v) is 15.3. The zero-order chi connectivity index (χ0) is 17.8. The van der Waals surface area contributed by atoms with Crippen LogP contribution in [0.25, 0.3) is 0 Å². The molecule has 0 aliphatic heterocycles. The topological polar surface area (TPSA) is 89.0 Å². The number of halogens is 1. The third-order valence-corrected chi connectivity index (χ3v) is 3.78. The first-order valence-corrected chi connectivity index (χ1v) is 8.19. The van der Waals surface area contributed by atoms with Crippen molar-refractivity contribution in [3.8, 4) is 0 Å². The number of benzene rings is 1. The van der Waals surface area contributed by atoms with Crippen molar-refractivity contribution in [3.63, 3.8) is 0 Å². The van der Waals surface area contributed by atoms with Crippen molar-refractivity contribution in [1.82, 2.24) is 10.6 Å². The molecule has 132 valence electrons. The van der Waals surface area contributed by atoms with Gasteiger partial charge in [-0.3, -0.25) is 9.79 Å². The third kappa shape index (κ3) is 8.64. The summed E-state index contributed by atoms with van der Waals surface area (Å²) >= 11 is 3.30. The molecule has 1 rings (SSSR count). The van der Waals surface area contributed by atoms with E-state index < -0.39 is 6.09 Å². The van der Waals surface area contributed by atoms with Gasteiger partial charge in [0.15, 0.2) is 0 Å². The smallest absolute Gasteiger partial charge is 0.407 e. The van der Waals surface area contributed by atoms with Crippen molar-refractivity contribution in [2.75, 3.05) is 27.2 Å². The molecule has 0 bridgehead atoms. The summed E-state index contributed by atoms with van der Waals surface area (Å²) < 4.78 is 11.0. The highest BCUT2D eigenvalue weighted by Crippen LogP contribution is 2.03. The third-order valence-electron chi connectivity index (χ3n) is 3.11. The van der Waals surface area contributed by atoms with Gasteiger partial charge in [-0.1, -0.05) is 30.3 Å². The molecule has 0 fully saturated rings. The Morgan fingerprint density at radius 2 is 1.96 bits per heavy atom. The van der Waals surface area contributed by atoms with Crippen LogP contribution in [0.3, 0.4) is 0 Å². The molecule has 2 N–H and O–H groups in total. The van der Waals surface area contributed by atoms with Crippen LogP contribution < -0.4 is 10.6 Å².